The van der Waals surface area contributed by atoms with Crippen LogP contribution in [0.5, 0.6) is 0 Å². The van der Waals surface area contributed by atoms with Gasteiger partial charge in [0.1, 0.15) is 11.4 Å². The van der Waals surface area contributed by atoms with Crippen molar-refractivity contribution in [3.8, 4) is 22.3 Å². The topological polar surface area (TPSA) is 29.3 Å². The van der Waals surface area contributed by atoms with Gasteiger partial charge in [0.05, 0.1) is 28.4 Å². The van der Waals surface area contributed by atoms with Crippen LogP contribution in [0.1, 0.15) is 111 Å². The number of hydrogen-bond donors (Lipinski definition) is 0. The first-order valence-electron chi connectivity index (χ1n) is 34.0. The summed E-state index contributed by atoms with van der Waals surface area (Å²) in [6, 6.07) is 91.9. The van der Waals surface area contributed by atoms with Gasteiger partial charge in [0.15, 0.2) is 0 Å². The summed E-state index contributed by atoms with van der Waals surface area (Å²) < 4.78 is 8.37. The van der Waals surface area contributed by atoms with Crippen molar-refractivity contribution < 1.29 is 4.42 Å². The Labute approximate surface area is 561 Å². The van der Waals surface area contributed by atoms with Crippen molar-refractivity contribution in [1.29, 1.82) is 0 Å². The standard InChI is InChI=1S/C87H79B2N5O/c1-54-42-74-78-75(43-54)93-71-36-26-27-37-72(71)94-77-53-67(90(63-32-22-16-23-33-63)64-34-24-17-25-35-64)52-76-79(77)88(68-40-38-58(56-30-20-15-21-31-56)45-73(68)92(76)66-50-61(86(8,9)10)47-62(51-66)87(11,12)13)82-80(94)81(93)83(95-82)89(78)69-44-57(55-28-18-14-19-29-55)39-41-70(69)91(74)65-48-59(84(2,3)4)46-60(49-65)85(5,6)7/h14-53H,1-13H3. The molecule has 0 unspecified atom stereocenters. The molecule has 8 heteroatoms. The summed E-state index contributed by atoms with van der Waals surface area (Å²) in [4.78, 5) is 12.9. The van der Waals surface area contributed by atoms with Crippen LogP contribution in [0.4, 0.5) is 85.3 Å². The highest BCUT2D eigenvalue weighted by Gasteiger charge is 2.56. The molecule has 95 heavy (non-hydrogen) atoms. The predicted molar refractivity (Wildman–Crippen MR) is 405 cm³/mol. The second-order valence-corrected chi connectivity index (χ2v) is 31.2. The van der Waals surface area contributed by atoms with Crippen molar-refractivity contribution in [2.75, 3.05) is 24.5 Å². The number of para-hydroxylation sites is 4. The lowest BCUT2D eigenvalue weighted by Gasteiger charge is -2.48. The normalized spacial score (nSPS) is 14.0. The molecule has 0 amide bonds. The van der Waals surface area contributed by atoms with Crippen LogP contribution < -0.4 is 57.7 Å². The summed E-state index contributed by atoms with van der Waals surface area (Å²) >= 11 is 0. The van der Waals surface area contributed by atoms with Crippen LogP contribution in [0.3, 0.4) is 0 Å². The van der Waals surface area contributed by atoms with Gasteiger partial charge in [-0.25, -0.2) is 0 Å². The summed E-state index contributed by atoms with van der Waals surface area (Å²) in [7, 11) is 0. The number of rotatable bonds is 7. The Balaban J connectivity index is 1.00. The minimum Gasteiger partial charge on any atom is -0.480 e. The number of aryl methyl sites for hydroxylation is 1. The molecular formula is C87H79B2N5O. The Kier molecular flexibility index (Phi) is 12.9. The van der Waals surface area contributed by atoms with E-state index in [0.29, 0.717) is 0 Å². The van der Waals surface area contributed by atoms with Crippen LogP contribution in [0.25, 0.3) is 22.3 Å². The number of hydrogen-bond acceptors (Lipinski definition) is 6. The molecule has 6 heterocycles. The summed E-state index contributed by atoms with van der Waals surface area (Å²) in [5.41, 5.74) is 34.1. The molecule has 0 radical (unpaired) electrons. The Hall–Kier alpha value is -10.2. The van der Waals surface area contributed by atoms with Gasteiger partial charge >= 0.3 is 0 Å². The van der Waals surface area contributed by atoms with E-state index in [1.165, 1.54) is 77.7 Å². The Morgan fingerprint density at radius 2 is 0.674 bits per heavy atom. The van der Waals surface area contributed by atoms with Crippen molar-refractivity contribution in [3.05, 3.63) is 270 Å². The summed E-state index contributed by atoms with van der Waals surface area (Å²) in [5.74, 6) is 0. The lowest BCUT2D eigenvalue weighted by molar-refractivity contribution is 0.568. The molecule has 0 N–H and O–H groups in total. The van der Waals surface area contributed by atoms with Crippen LogP contribution in [0.2, 0.25) is 0 Å². The molecule has 1 aromatic heterocycles. The van der Waals surface area contributed by atoms with E-state index in [-0.39, 0.29) is 35.1 Å². The Morgan fingerprint density at radius 1 is 0.295 bits per heavy atom. The van der Waals surface area contributed by atoms with E-state index in [2.05, 4.69) is 357 Å². The van der Waals surface area contributed by atoms with Gasteiger partial charge in [0, 0.05) is 56.9 Å². The maximum absolute atomic E-state index is 8.37. The lowest BCUT2D eigenvalue weighted by atomic mass is 9.35. The molecule has 0 saturated heterocycles. The summed E-state index contributed by atoms with van der Waals surface area (Å²) in [6.07, 6.45) is 0. The van der Waals surface area contributed by atoms with E-state index in [0.717, 1.165) is 90.8 Å². The lowest BCUT2D eigenvalue weighted by Crippen LogP contribution is -2.61. The molecule has 5 aliphatic heterocycles. The van der Waals surface area contributed by atoms with E-state index in [9.17, 15) is 0 Å². The van der Waals surface area contributed by atoms with Crippen LogP contribution >= 0.6 is 0 Å². The highest BCUT2D eigenvalue weighted by Crippen LogP contribution is 2.59. The second kappa shape index (κ2) is 20.9. The molecule has 6 nitrogen and oxygen atoms in total. The van der Waals surface area contributed by atoms with Gasteiger partial charge in [0.25, 0.3) is 13.4 Å². The smallest absolute Gasteiger partial charge is 0.297 e. The first kappa shape index (κ1) is 58.6. The van der Waals surface area contributed by atoms with Crippen LogP contribution in [-0.4, -0.2) is 13.4 Å². The van der Waals surface area contributed by atoms with Gasteiger partial charge in [-0.3, -0.25) is 0 Å². The molecule has 0 aliphatic carbocycles. The Bertz CT molecular complexity index is 5000. The van der Waals surface area contributed by atoms with Crippen LogP contribution in [0, 0.1) is 6.92 Å². The van der Waals surface area contributed by atoms with Crippen molar-refractivity contribution in [1.82, 2.24) is 0 Å². The second-order valence-electron chi connectivity index (χ2n) is 31.2. The number of benzene rings is 11. The molecular weight excluding hydrogens is 1150 g/mol. The Morgan fingerprint density at radius 3 is 1.14 bits per heavy atom. The third-order valence-electron chi connectivity index (χ3n) is 20.7. The first-order valence-corrected chi connectivity index (χ1v) is 34.0. The van der Waals surface area contributed by atoms with Crippen molar-refractivity contribution in [3.63, 3.8) is 0 Å². The van der Waals surface area contributed by atoms with Crippen LogP contribution in [0.15, 0.2) is 247 Å². The maximum atomic E-state index is 8.37. The molecule has 5 aliphatic rings. The molecule has 0 spiro atoms. The quantitative estimate of drug-likeness (QED) is 0.148. The van der Waals surface area contributed by atoms with Crippen LogP contribution in [-0.2, 0) is 21.7 Å². The van der Waals surface area contributed by atoms with Gasteiger partial charge in [0.2, 0.25) is 0 Å². The van der Waals surface area contributed by atoms with E-state index >= 15 is 0 Å². The SMILES string of the molecule is Cc1cc2c3c(c1)N1c4ccccc4N4c5cc(N(c6ccccc6)c6ccccc6)cc6c5B(c5ccc(-c7ccccc7)cc5N6c5cc(C(C)(C)C)cc(C(C)(C)C)c5)c5oc(c1c54)B3c1cc(-c3ccccc3)ccc1N2c1cc(C(C)(C)C)cc(C(C)(C)C)c1. The number of fused-ring (bicyclic) bond motifs is 11. The fourth-order valence-corrected chi connectivity index (χ4v) is 15.8. The molecule has 0 saturated carbocycles. The highest BCUT2D eigenvalue weighted by molar-refractivity contribution is 7.02. The summed E-state index contributed by atoms with van der Waals surface area (Å²) in [6.45, 7) is 29.9. The zero-order valence-corrected chi connectivity index (χ0v) is 56.9. The predicted octanol–water partition coefficient (Wildman–Crippen LogP) is 20.1. The van der Waals surface area contributed by atoms with Gasteiger partial charge in [-0.1, -0.05) is 229 Å². The molecule has 0 bridgehead atoms. The zero-order valence-electron chi connectivity index (χ0n) is 56.9. The monoisotopic (exact) mass is 1230 g/mol. The highest BCUT2D eigenvalue weighted by atomic mass is 16.3. The van der Waals surface area contributed by atoms with Gasteiger partial charge in [-0.2, -0.15) is 0 Å². The molecule has 11 aromatic carbocycles. The minimum absolute atomic E-state index is 0.102. The molecule has 12 aromatic rings. The van der Waals surface area contributed by atoms with E-state index in [1.807, 2.05) is 0 Å². The van der Waals surface area contributed by atoms with Gasteiger partial charge in [-0.05, 0) is 198 Å². The fraction of sp³-hybridized carbons (Fsp3) is 0.195. The minimum atomic E-state index is -0.320. The van der Waals surface area contributed by atoms with Crippen molar-refractivity contribution >= 4 is 132 Å². The average Bonchev–Trinajstić information content (AvgIpc) is 1.58. The number of anilines is 15. The molecule has 464 valence electrons. The third-order valence-corrected chi connectivity index (χ3v) is 20.7. The van der Waals surface area contributed by atoms with Gasteiger partial charge in [-0.15, -0.1) is 0 Å². The van der Waals surface area contributed by atoms with E-state index < -0.39 is 0 Å². The molecule has 17 rings (SSSR count). The number of nitrogens with zero attached hydrogens (tertiary/aromatic N) is 5. The first-order chi connectivity index (χ1) is 45.6. The molecule has 0 fully saturated rings. The number of furan rings is 1. The average molecular weight is 1230 g/mol. The van der Waals surface area contributed by atoms with E-state index in [4.69, 9.17) is 4.42 Å². The third kappa shape index (κ3) is 9.21. The maximum Gasteiger partial charge on any atom is 0.297 e. The van der Waals surface area contributed by atoms with E-state index in [1.54, 1.807) is 0 Å². The van der Waals surface area contributed by atoms with Crippen molar-refractivity contribution in [2.24, 2.45) is 0 Å². The summed E-state index contributed by atoms with van der Waals surface area (Å²) in [5, 5.41) is 0. The zero-order chi connectivity index (χ0) is 65.4. The largest absolute Gasteiger partial charge is 0.480 e. The molecule has 0 atom stereocenters. The fourth-order valence-electron chi connectivity index (χ4n) is 15.8. The van der Waals surface area contributed by atoms with Crippen molar-refractivity contribution in [2.45, 2.75) is 112 Å². The van der Waals surface area contributed by atoms with Gasteiger partial charge < -0.3 is 28.9 Å².